The van der Waals surface area contributed by atoms with E-state index in [-0.39, 0.29) is 5.54 Å². The van der Waals surface area contributed by atoms with Crippen LogP contribution in [0.5, 0.6) is 0 Å². The molecule has 1 heteroatoms. The van der Waals surface area contributed by atoms with Crippen molar-refractivity contribution in [2.75, 3.05) is 0 Å². The smallest absolute Gasteiger partial charge is 0.0200 e. The molecule has 0 saturated heterocycles. The topological polar surface area (TPSA) is 26.0 Å². The Morgan fingerprint density at radius 2 is 1.43 bits per heavy atom. The quantitative estimate of drug-likeness (QED) is 0.617. The Morgan fingerprint density at radius 1 is 0.929 bits per heavy atom. The van der Waals surface area contributed by atoms with E-state index < -0.39 is 0 Å². The van der Waals surface area contributed by atoms with Gasteiger partial charge in [-0.1, -0.05) is 60.3 Å². The first-order valence-electron chi connectivity index (χ1n) is 6.24. The highest BCUT2D eigenvalue weighted by Gasteiger charge is 2.31. The molecule has 1 nitrogen and oxygen atoms in total. The monoisotopic (exact) mass is 199 g/mol. The number of unbranched alkanes of at least 4 members (excludes halogenated alkanes) is 3. The second-order valence-corrected chi connectivity index (χ2v) is 5.23. The van der Waals surface area contributed by atoms with E-state index in [0.717, 1.165) is 0 Å². The van der Waals surface area contributed by atoms with Gasteiger partial charge >= 0.3 is 0 Å². The molecule has 0 aliphatic rings. The van der Waals surface area contributed by atoms with Crippen molar-refractivity contribution in [3.63, 3.8) is 0 Å². The number of hydrogen-bond donors (Lipinski definition) is 1. The first-order valence-corrected chi connectivity index (χ1v) is 6.24. The summed E-state index contributed by atoms with van der Waals surface area (Å²) in [6, 6.07) is 0. The summed E-state index contributed by atoms with van der Waals surface area (Å²) in [6.07, 6.45) is 6.48. The first kappa shape index (κ1) is 14.0. The normalized spacial score (nSPS) is 12.9. The molecule has 0 fully saturated rings. The maximum atomic E-state index is 6.47. The molecule has 0 amide bonds. The summed E-state index contributed by atoms with van der Waals surface area (Å²) in [6.45, 7) is 11.2. The van der Waals surface area contributed by atoms with Crippen LogP contribution < -0.4 is 5.73 Å². The zero-order chi connectivity index (χ0) is 11.2. The second-order valence-electron chi connectivity index (χ2n) is 5.23. The molecule has 0 radical (unpaired) electrons. The molecule has 0 bridgehead atoms. The number of rotatable bonds is 7. The van der Waals surface area contributed by atoms with Crippen LogP contribution in [0.4, 0.5) is 0 Å². The summed E-state index contributed by atoms with van der Waals surface area (Å²) in [5.41, 5.74) is 6.52. The molecule has 0 aliphatic heterocycles. The van der Waals surface area contributed by atoms with Crippen molar-refractivity contribution < 1.29 is 0 Å². The minimum absolute atomic E-state index is 0.0493. The maximum Gasteiger partial charge on any atom is 0.0200 e. The lowest BCUT2D eigenvalue weighted by atomic mass is 9.74. The van der Waals surface area contributed by atoms with E-state index >= 15 is 0 Å². The van der Waals surface area contributed by atoms with E-state index in [1.165, 1.54) is 32.1 Å². The molecule has 0 aromatic rings. The zero-order valence-electron chi connectivity index (χ0n) is 10.8. The summed E-state index contributed by atoms with van der Waals surface area (Å²) in [5, 5.41) is 0. The summed E-state index contributed by atoms with van der Waals surface area (Å²) < 4.78 is 0. The predicted molar refractivity (Wildman–Crippen MR) is 65.4 cm³/mol. The standard InChI is InChI=1S/C13H29N/c1-6-7-8-9-10-13(14,11(2)3)12(4)5/h11-12H,6-10,14H2,1-5H3. The van der Waals surface area contributed by atoms with Gasteiger partial charge in [-0.2, -0.15) is 0 Å². The summed E-state index contributed by atoms with van der Waals surface area (Å²) >= 11 is 0. The average molecular weight is 199 g/mol. The minimum Gasteiger partial charge on any atom is -0.325 e. The summed E-state index contributed by atoms with van der Waals surface area (Å²) in [5.74, 6) is 1.17. The molecule has 2 N–H and O–H groups in total. The van der Waals surface area contributed by atoms with Gasteiger partial charge in [0, 0.05) is 5.54 Å². The van der Waals surface area contributed by atoms with Crippen LogP contribution in [0.2, 0.25) is 0 Å². The van der Waals surface area contributed by atoms with Gasteiger partial charge in [0.1, 0.15) is 0 Å². The Kier molecular flexibility index (Phi) is 6.43. The van der Waals surface area contributed by atoms with Gasteiger partial charge in [0.25, 0.3) is 0 Å². The van der Waals surface area contributed by atoms with Crippen LogP contribution in [0.25, 0.3) is 0 Å². The van der Waals surface area contributed by atoms with Crippen molar-refractivity contribution in [3.8, 4) is 0 Å². The molecule has 0 unspecified atom stereocenters. The first-order chi connectivity index (χ1) is 6.45. The largest absolute Gasteiger partial charge is 0.325 e. The Bertz CT molecular complexity index is 130. The lowest BCUT2D eigenvalue weighted by molar-refractivity contribution is 0.201. The molecule has 0 aromatic heterocycles. The van der Waals surface area contributed by atoms with Crippen LogP contribution >= 0.6 is 0 Å². The molecule has 0 aliphatic carbocycles. The Balaban J connectivity index is 3.98. The highest BCUT2D eigenvalue weighted by Crippen LogP contribution is 2.29. The van der Waals surface area contributed by atoms with Crippen LogP contribution in [0.1, 0.15) is 66.7 Å². The number of nitrogens with two attached hydrogens (primary N) is 1. The van der Waals surface area contributed by atoms with Crippen LogP contribution in [0.3, 0.4) is 0 Å². The molecule has 0 atom stereocenters. The third kappa shape index (κ3) is 4.00. The highest BCUT2D eigenvalue weighted by atomic mass is 14.8. The fourth-order valence-electron chi connectivity index (χ4n) is 2.10. The van der Waals surface area contributed by atoms with Crippen molar-refractivity contribution in [2.45, 2.75) is 72.3 Å². The van der Waals surface area contributed by atoms with Crippen molar-refractivity contribution in [2.24, 2.45) is 17.6 Å². The molecule has 0 aromatic carbocycles. The molecular weight excluding hydrogens is 170 g/mol. The molecule has 14 heavy (non-hydrogen) atoms. The van der Waals surface area contributed by atoms with E-state index in [4.69, 9.17) is 5.73 Å². The Morgan fingerprint density at radius 3 is 1.79 bits per heavy atom. The van der Waals surface area contributed by atoms with E-state index in [1.54, 1.807) is 0 Å². The van der Waals surface area contributed by atoms with Gasteiger partial charge in [-0.15, -0.1) is 0 Å². The van der Waals surface area contributed by atoms with Crippen LogP contribution in [-0.4, -0.2) is 5.54 Å². The lowest BCUT2D eigenvalue weighted by Crippen LogP contribution is -2.49. The molecular formula is C13H29N. The third-order valence-corrected chi connectivity index (χ3v) is 3.61. The van der Waals surface area contributed by atoms with E-state index in [1.807, 2.05) is 0 Å². The van der Waals surface area contributed by atoms with Gasteiger partial charge in [-0.3, -0.25) is 0 Å². The number of hydrogen-bond acceptors (Lipinski definition) is 1. The Labute approximate surface area is 90.5 Å². The molecule has 86 valence electrons. The third-order valence-electron chi connectivity index (χ3n) is 3.61. The van der Waals surface area contributed by atoms with Gasteiger partial charge in [-0.25, -0.2) is 0 Å². The van der Waals surface area contributed by atoms with E-state index in [0.29, 0.717) is 11.8 Å². The van der Waals surface area contributed by atoms with Crippen molar-refractivity contribution >= 4 is 0 Å². The van der Waals surface area contributed by atoms with Gasteiger partial charge < -0.3 is 5.73 Å². The van der Waals surface area contributed by atoms with Gasteiger partial charge in [0.2, 0.25) is 0 Å². The molecule has 0 rings (SSSR count). The van der Waals surface area contributed by atoms with E-state index in [9.17, 15) is 0 Å². The average Bonchev–Trinajstić information content (AvgIpc) is 2.11. The van der Waals surface area contributed by atoms with Crippen molar-refractivity contribution in [3.05, 3.63) is 0 Å². The van der Waals surface area contributed by atoms with Crippen LogP contribution in [0.15, 0.2) is 0 Å². The predicted octanol–water partition coefficient (Wildman–Crippen LogP) is 3.97. The SMILES string of the molecule is CCCCCCC(N)(C(C)C)C(C)C. The minimum atomic E-state index is 0.0493. The molecule has 0 spiro atoms. The fourth-order valence-corrected chi connectivity index (χ4v) is 2.10. The van der Waals surface area contributed by atoms with Crippen LogP contribution in [-0.2, 0) is 0 Å². The van der Waals surface area contributed by atoms with Crippen molar-refractivity contribution in [1.82, 2.24) is 0 Å². The van der Waals surface area contributed by atoms with Gasteiger partial charge in [0.05, 0.1) is 0 Å². The maximum absolute atomic E-state index is 6.47. The fraction of sp³-hybridized carbons (Fsp3) is 1.00. The molecule has 0 saturated carbocycles. The van der Waals surface area contributed by atoms with Crippen molar-refractivity contribution in [1.29, 1.82) is 0 Å². The van der Waals surface area contributed by atoms with Gasteiger partial charge in [0.15, 0.2) is 0 Å². The zero-order valence-corrected chi connectivity index (χ0v) is 10.8. The Hall–Kier alpha value is -0.0400. The molecule has 0 heterocycles. The second kappa shape index (κ2) is 6.44. The summed E-state index contributed by atoms with van der Waals surface area (Å²) in [4.78, 5) is 0. The summed E-state index contributed by atoms with van der Waals surface area (Å²) in [7, 11) is 0. The van der Waals surface area contributed by atoms with E-state index in [2.05, 4.69) is 34.6 Å². The highest BCUT2D eigenvalue weighted by molar-refractivity contribution is 4.89. The van der Waals surface area contributed by atoms with Gasteiger partial charge in [-0.05, 0) is 18.3 Å². The van der Waals surface area contributed by atoms with Crippen LogP contribution in [0, 0.1) is 11.8 Å². The lowest BCUT2D eigenvalue weighted by Gasteiger charge is -2.38.